The molecule has 31 heavy (non-hydrogen) atoms. The van der Waals surface area contributed by atoms with Crippen LogP contribution in [0.4, 0.5) is 0 Å². The highest BCUT2D eigenvalue weighted by Gasteiger charge is 2.24. The van der Waals surface area contributed by atoms with E-state index >= 15 is 0 Å². The monoisotopic (exact) mass is 411 g/mol. The van der Waals surface area contributed by atoms with Crippen molar-refractivity contribution in [3.8, 4) is 0 Å². The number of aryl methyl sites for hydroxylation is 2. The van der Waals surface area contributed by atoms with E-state index in [0.717, 1.165) is 16.6 Å². The van der Waals surface area contributed by atoms with Crippen LogP contribution in [0.2, 0.25) is 0 Å². The quantitative estimate of drug-likeness (QED) is 0.483. The highest BCUT2D eigenvalue weighted by atomic mass is 16.2. The first-order valence-electron chi connectivity index (χ1n) is 10.4. The van der Waals surface area contributed by atoms with E-state index in [9.17, 15) is 9.59 Å². The van der Waals surface area contributed by atoms with Crippen molar-refractivity contribution in [1.82, 2.24) is 14.5 Å². The van der Waals surface area contributed by atoms with Crippen LogP contribution in [-0.4, -0.2) is 27.4 Å². The molecule has 4 rings (SSSR count). The maximum atomic E-state index is 13.5. The van der Waals surface area contributed by atoms with E-state index in [1.165, 1.54) is 0 Å². The molecule has 0 radical (unpaired) electrons. The summed E-state index contributed by atoms with van der Waals surface area (Å²) in [7, 11) is 1.82. The van der Waals surface area contributed by atoms with Crippen LogP contribution in [0.25, 0.3) is 11.0 Å². The van der Waals surface area contributed by atoms with Gasteiger partial charge in [-0.2, -0.15) is 0 Å². The van der Waals surface area contributed by atoms with Gasteiger partial charge in [0.1, 0.15) is 5.69 Å². The van der Waals surface area contributed by atoms with Crippen molar-refractivity contribution in [2.75, 3.05) is 7.05 Å². The van der Waals surface area contributed by atoms with Crippen LogP contribution in [0.15, 0.2) is 83.7 Å². The van der Waals surface area contributed by atoms with Gasteiger partial charge in [-0.1, -0.05) is 60.7 Å². The van der Waals surface area contributed by atoms with E-state index in [4.69, 9.17) is 0 Å². The molecule has 1 amide bonds. The molecule has 0 saturated heterocycles. The van der Waals surface area contributed by atoms with Crippen LogP contribution < -0.4 is 5.56 Å². The minimum absolute atomic E-state index is 0.0978. The Bertz CT molecular complexity index is 1240. The van der Waals surface area contributed by atoms with E-state index in [-0.39, 0.29) is 17.5 Å². The van der Waals surface area contributed by atoms with Gasteiger partial charge in [0, 0.05) is 19.2 Å². The Morgan fingerprint density at radius 1 is 0.968 bits per heavy atom. The zero-order chi connectivity index (χ0) is 22.0. The molecule has 0 saturated carbocycles. The number of aromatic nitrogens is 2. The average Bonchev–Trinajstić information content (AvgIpc) is 2.80. The summed E-state index contributed by atoms with van der Waals surface area (Å²) >= 11 is 0. The van der Waals surface area contributed by atoms with Gasteiger partial charge in [-0.25, -0.2) is 4.98 Å². The molecule has 0 spiro atoms. The van der Waals surface area contributed by atoms with Crippen LogP contribution >= 0.6 is 0 Å². The van der Waals surface area contributed by atoms with Gasteiger partial charge in [-0.05, 0) is 43.2 Å². The van der Waals surface area contributed by atoms with Crippen LogP contribution in [-0.2, 0) is 6.54 Å². The Balaban J connectivity index is 1.77. The number of fused-ring (bicyclic) bond motifs is 1. The summed E-state index contributed by atoms with van der Waals surface area (Å²) < 4.78 is 1.69. The molecule has 156 valence electrons. The van der Waals surface area contributed by atoms with Crippen LogP contribution in [0.3, 0.4) is 0 Å². The van der Waals surface area contributed by atoms with E-state index < -0.39 is 0 Å². The van der Waals surface area contributed by atoms with Crippen LogP contribution in [0, 0.1) is 6.92 Å². The number of rotatable bonds is 5. The van der Waals surface area contributed by atoms with Gasteiger partial charge in [-0.15, -0.1) is 0 Å². The largest absolute Gasteiger partial charge is 0.331 e. The van der Waals surface area contributed by atoms with Gasteiger partial charge in [-0.3, -0.25) is 9.59 Å². The minimum Gasteiger partial charge on any atom is -0.331 e. The van der Waals surface area contributed by atoms with Crippen LogP contribution in [0.5, 0.6) is 0 Å². The Morgan fingerprint density at radius 3 is 2.10 bits per heavy atom. The van der Waals surface area contributed by atoms with Crippen molar-refractivity contribution < 1.29 is 4.79 Å². The normalized spacial score (nSPS) is 11.1. The topological polar surface area (TPSA) is 55.2 Å². The van der Waals surface area contributed by atoms with E-state index in [2.05, 4.69) is 4.98 Å². The molecule has 0 aliphatic rings. The molecule has 0 N–H and O–H groups in total. The second kappa shape index (κ2) is 8.56. The maximum absolute atomic E-state index is 13.5. The highest BCUT2D eigenvalue weighted by Crippen LogP contribution is 2.29. The van der Waals surface area contributed by atoms with E-state index in [1.807, 2.05) is 80.7 Å². The number of hydrogen-bond acceptors (Lipinski definition) is 3. The Labute approximate surface area is 181 Å². The van der Waals surface area contributed by atoms with E-state index in [0.29, 0.717) is 23.3 Å². The van der Waals surface area contributed by atoms with Gasteiger partial charge >= 0.3 is 0 Å². The SMILES string of the molecule is CCn1c(=O)c(C)nc2cc(C(=O)N(C)C(c3ccccc3)c3ccccc3)ccc21. The fraction of sp³-hybridized carbons (Fsp3) is 0.192. The molecule has 1 heterocycles. The first-order valence-corrected chi connectivity index (χ1v) is 10.4. The number of amides is 1. The Morgan fingerprint density at radius 2 is 1.55 bits per heavy atom. The molecule has 4 aromatic rings. The molecule has 0 unspecified atom stereocenters. The summed E-state index contributed by atoms with van der Waals surface area (Å²) in [6.45, 7) is 4.18. The predicted molar refractivity (Wildman–Crippen MR) is 123 cm³/mol. The van der Waals surface area contributed by atoms with Crippen molar-refractivity contribution in [3.63, 3.8) is 0 Å². The fourth-order valence-electron chi connectivity index (χ4n) is 4.05. The van der Waals surface area contributed by atoms with Gasteiger partial charge < -0.3 is 9.47 Å². The molecule has 5 nitrogen and oxygen atoms in total. The predicted octanol–water partition coefficient (Wildman–Crippen LogP) is 4.59. The smallest absolute Gasteiger partial charge is 0.272 e. The molecule has 5 heteroatoms. The second-order valence-electron chi connectivity index (χ2n) is 7.59. The Kier molecular flexibility index (Phi) is 5.67. The van der Waals surface area contributed by atoms with Gasteiger partial charge in [0.25, 0.3) is 11.5 Å². The molecule has 3 aromatic carbocycles. The molecule has 0 atom stereocenters. The lowest BCUT2D eigenvalue weighted by molar-refractivity contribution is 0.0755. The number of carbonyl (C=O) groups is 1. The standard InChI is InChI=1S/C26H25N3O2/c1-4-29-23-16-15-21(17-22(23)27-18(2)25(29)30)26(31)28(3)24(19-11-7-5-8-12-19)20-13-9-6-10-14-20/h5-17,24H,4H2,1-3H3. The van der Waals surface area contributed by atoms with Crippen molar-refractivity contribution >= 4 is 16.9 Å². The third kappa shape index (κ3) is 3.87. The summed E-state index contributed by atoms with van der Waals surface area (Å²) in [6, 6.07) is 25.2. The average molecular weight is 412 g/mol. The van der Waals surface area contributed by atoms with Crippen molar-refractivity contribution in [2.45, 2.75) is 26.4 Å². The second-order valence-corrected chi connectivity index (χ2v) is 7.59. The zero-order valence-corrected chi connectivity index (χ0v) is 17.9. The maximum Gasteiger partial charge on any atom is 0.272 e. The van der Waals surface area contributed by atoms with Crippen LogP contribution in [0.1, 0.15) is 40.1 Å². The van der Waals surface area contributed by atoms with Gasteiger partial charge in [0.05, 0.1) is 17.1 Å². The fourth-order valence-corrected chi connectivity index (χ4v) is 4.05. The molecule has 0 aliphatic carbocycles. The molecule has 1 aromatic heterocycles. The number of nitrogens with zero attached hydrogens (tertiary/aromatic N) is 3. The molecular formula is C26H25N3O2. The third-order valence-electron chi connectivity index (χ3n) is 5.61. The molecule has 0 aliphatic heterocycles. The molecule has 0 bridgehead atoms. The number of carbonyl (C=O) groups excluding carboxylic acids is 1. The zero-order valence-electron chi connectivity index (χ0n) is 17.9. The summed E-state index contributed by atoms with van der Waals surface area (Å²) in [5.74, 6) is -0.103. The lowest BCUT2D eigenvalue weighted by Crippen LogP contribution is -2.32. The summed E-state index contributed by atoms with van der Waals surface area (Å²) in [5.41, 5.74) is 4.34. The lowest BCUT2D eigenvalue weighted by atomic mass is 9.96. The minimum atomic E-state index is -0.218. The number of hydrogen-bond donors (Lipinski definition) is 0. The first-order chi connectivity index (χ1) is 15.0. The summed E-state index contributed by atoms with van der Waals surface area (Å²) in [5, 5.41) is 0. The van der Waals surface area contributed by atoms with Crippen molar-refractivity contribution in [1.29, 1.82) is 0 Å². The molecular weight excluding hydrogens is 386 g/mol. The lowest BCUT2D eigenvalue weighted by Gasteiger charge is -2.29. The van der Waals surface area contributed by atoms with Crippen molar-refractivity contribution in [3.05, 3.63) is 112 Å². The molecule has 0 fully saturated rings. The van der Waals surface area contributed by atoms with E-state index in [1.54, 1.807) is 28.5 Å². The third-order valence-corrected chi connectivity index (χ3v) is 5.61. The Hall–Kier alpha value is -3.73. The summed E-state index contributed by atoms with van der Waals surface area (Å²) in [6.07, 6.45) is 0. The highest BCUT2D eigenvalue weighted by molar-refractivity contribution is 5.97. The van der Waals surface area contributed by atoms with Gasteiger partial charge in [0.2, 0.25) is 0 Å². The van der Waals surface area contributed by atoms with Crippen molar-refractivity contribution in [2.24, 2.45) is 0 Å². The van der Waals surface area contributed by atoms with Gasteiger partial charge in [0.15, 0.2) is 0 Å². The first kappa shape index (κ1) is 20.5. The summed E-state index contributed by atoms with van der Waals surface area (Å²) in [4.78, 5) is 32.1. The number of benzene rings is 3.